The lowest BCUT2D eigenvalue weighted by molar-refractivity contribution is 0.0544. The summed E-state index contributed by atoms with van der Waals surface area (Å²) in [6.07, 6.45) is 1.48. The zero-order valence-electron chi connectivity index (χ0n) is 15.7. The van der Waals surface area contributed by atoms with Crippen LogP contribution in [0.25, 0.3) is 22.0 Å². The van der Waals surface area contributed by atoms with Gasteiger partial charge in [0, 0.05) is 23.0 Å². The Kier molecular flexibility index (Phi) is 4.15. The van der Waals surface area contributed by atoms with E-state index in [1.54, 1.807) is 4.57 Å². The SMILES string of the molecule is Cc1cc(-c2ccc3c(C)cn(C(=O)OC(C)(C)C)c3c2)cc(C)n1. The summed E-state index contributed by atoms with van der Waals surface area (Å²) < 4.78 is 7.14. The Balaban J connectivity index is 2.13. The minimum atomic E-state index is -0.529. The number of aromatic nitrogens is 2. The molecular weight excluding hydrogens is 312 g/mol. The average Bonchev–Trinajstić information content (AvgIpc) is 2.81. The average molecular weight is 336 g/mol. The Morgan fingerprint density at radius 3 is 2.24 bits per heavy atom. The third-order valence-corrected chi connectivity index (χ3v) is 4.01. The van der Waals surface area contributed by atoms with Crippen LogP contribution in [0.15, 0.2) is 36.5 Å². The van der Waals surface area contributed by atoms with E-state index in [9.17, 15) is 4.79 Å². The minimum absolute atomic E-state index is 0.357. The Morgan fingerprint density at radius 2 is 1.64 bits per heavy atom. The largest absolute Gasteiger partial charge is 0.443 e. The molecule has 0 bridgehead atoms. The summed E-state index contributed by atoms with van der Waals surface area (Å²) in [5.41, 5.74) is 5.50. The molecule has 0 saturated heterocycles. The van der Waals surface area contributed by atoms with E-state index < -0.39 is 5.60 Å². The van der Waals surface area contributed by atoms with Crippen molar-refractivity contribution in [2.45, 2.75) is 47.1 Å². The monoisotopic (exact) mass is 336 g/mol. The molecule has 0 fully saturated rings. The van der Waals surface area contributed by atoms with Crippen molar-refractivity contribution in [3.63, 3.8) is 0 Å². The number of ether oxygens (including phenoxy) is 1. The van der Waals surface area contributed by atoms with Crippen molar-refractivity contribution in [2.24, 2.45) is 0 Å². The van der Waals surface area contributed by atoms with Gasteiger partial charge in [0.25, 0.3) is 0 Å². The summed E-state index contributed by atoms with van der Waals surface area (Å²) in [5, 5.41) is 1.05. The summed E-state index contributed by atoms with van der Waals surface area (Å²) in [7, 11) is 0. The first-order valence-electron chi connectivity index (χ1n) is 8.45. The number of pyridine rings is 1. The number of hydrogen-bond donors (Lipinski definition) is 0. The third kappa shape index (κ3) is 3.58. The van der Waals surface area contributed by atoms with Crippen molar-refractivity contribution in [1.82, 2.24) is 9.55 Å². The van der Waals surface area contributed by atoms with E-state index in [1.807, 2.05) is 53.8 Å². The molecule has 0 N–H and O–H groups in total. The lowest BCUT2D eigenvalue weighted by atomic mass is 10.0. The first kappa shape index (κ1) is 17.2. The smallest absolute Gasteiger partial charge is 0.419 e. The number of aryl methyl sites for hydroxylation is 3. The van der Waals surface area contributed by atoms with Crippen molar-refractivity contribution in [2.75, 3.05) is 0 Å². The standard InChI is InChI=1S/C21H24N2O2/c1-13-12-23(20(24)25-21(4,5)6)19-11-16(7-8-18(13)19)17-9-14(2)22-15(3)10-17/h7-12H,1-6H3. The van der Waals surface area contributed by atoms with Crippen LogP contribution in [-0.2, 0) is 4.74 Å². The summed E-state index contributed by atoms with van der Waals surface area (Å²) in [5.74, 6) is 0. The fraction of sp³-hybridized carbons (Fsp3) is 0.333. The van der Waals surface area contributed by atoms with Crippen molar-refractivity contribution in [3.05, 3.63) is 53.5 Å². The van der Waals surface area contributed by atoms with Crippen LogP contribution in [0.1, 0.15) is 37.7 Å². The summed E-state index contributed by atoms with van der Waals surface area (Å²) in [6, 6.07) is 10.3. The fourth-order valence-electron chi connectivity index (χ4n) is 3.04. The number of carbonyl (C=O) groups is 1. The minimum Gasteiger partial charge on any atom is -0.443 e. The van der Waals surface area contributed by atoms with Gasteiger partial charge in [0.2, 0.25) is 0 Å². The Labute approximate surface area is 148 Å². The predicted octanol–water partition coefficient (Wildman–Crippen LogP) is 5.41. The molecule has 0 spiro atoms. The van der Waals surface area contributed by atoms with Crippen LogP contribution in [0.4, 0.5) is 4.79 Å². The maximum Gasteiger partial charge on any atom is 0.419 e. The second-order valence-electron chi connectivity index (χ2n) is 7.53. The number of fused-ring (bicyclic) bond motifs is 1. The van der Waals surface area contributed by atoms with Gasteiger partial charge in [-0.25, -0.2) is 4.79 Å². The highest BCUT2D eigenvalue weighted by Crippen LogP contribution is 2.29. The van der Waals surface area contributed by atoms with E-state index in [0.29, 0.717) is 0 Å². The summed E-state index contributed by atoms with van der Waals surface area (Å²) >= 11 is 0. The molecule has 3 aromatic rings. The molecule has 2 heterocycles. The normalized spacial score (nSPS) is 11.8. The van der Waals surface area contributed by atoms with Crippen molar-refractivity contribution >= 4 is 17.0 Å². The van der Waals surface area contributed by atoms with E-state index in [-0.39, 0.29) is 6.09 Å². The molecule has 0 aliphatic rings. The van der Waals surface area contributed by atoms with Gasteiger partial charge in [-0.3, -0.25) is 9.55 Å². The molecule has 0 saturated carbocycles. The molecule has 25 heavy (non-hydrogen) atoms. The maximum atomic E-state index is 12.6. The van der Waals surface area contributed by atoms with E-state index >= 15 is 0 Å². The lowest BCUT2D eigenvalue weighted by Gasteiger charge is -2.19. The van der Waals surface area contributed by atoms with Crippen LogP contribution in [0.2, 0.25) is 0 Å². The topological polar surface area (TPSA) is 44.1 Å². The zero-order chi connectivity index (χ0) is 18.4. The van der Waals surface area contributed by atoms with Crippen LogP contribution in [0.5, 0.6) is 0 Å². The van der Waals surface area contributed by atoms with Gasteiger partial charge in [0.05, 0.1) is 5.52 Å². The number of nitrogens with zero attached hydrogens (tertiary/aromatic N) is 2. The lowest BCUT2D eigenvalue weighted by Crippen LogP contribution is -2.26. The molecule has 1 aromatic carbocycles. The number of benzene rings is 1. The molecule has 4 heteroatoms. The van der Waals surface area contributed by atoms with Gasteiger partial charge in [0.1, 0.15) is 5.60 Å². The number of hydrogen-bond acceptors (Lipinski definition) is 3. The molecule has 3 rings (SSSR count). The van der Waals surface area contributed by atoms with E-state index in [4.69, 9.17) is 4.74 Å². The van der Waals surface area contributed by atoms with Gasteiger partial charge in [-0.2, -0.15) is 0 Å². The van der Waals surface area contributed by atoms with Gasteiger partial charge in [-0.05, 0) is 76.4 Å². The highest BCUT2D eigenvalue weighted by molar-refractivity contribution is 5.94. The highest BCUT2D eigenvalue weighted by Gasteiger charge is 2.20. The van der Waals surface area contributed by atoms with Crippen LogP contribution in [0.3, 0.4) is 0 Å². The van der Waals surface area contributed by atoms with E-state index in [2.05, 4.69) is 29.2 Å². The summed E-state index contributed by atoms with van der Waals surface area (Å²) in [4.78, 5) is 17.0. The van der Waals surface area contributed by atoms with Crippen molar-refractivity contribution in [1.29, 1.82) is 0 Å². The molecular formula is C21H24N2O2. The Hall–Kier alpha value is -2.62. The van der Waals surface area contributed by atoms with Gasteiger partial charge in [-0.15, -0.1) is 0 Å². The molecule has 0 radical (unpaired) electrons. The fourth-order valence-corrected chi connectivity index (χ4v) is 3.04. The third-order valence-electron chi connectivity index (χ3n) is 4.01. The van der Waals surface area contributed by atoms with Gasteiger partial charge >= 0.3 is 6.09 Å². The number of carbonyl (C=O) groups excluding carboxylic acids is 1. The molecule has 2 aromatic heterocycles. The highest BCUT2D eigenvalue weighted by atomic mass is 16.6. The first-order valence-corrected chi connectivity index (χ1v) is 8.45. The predicted molar refractivity (Wildman–Crippen MR) is 101 cm³/mol. The van der Waals surface area contributed by atoms with Gasteiger partial charge in [-0.1, -0.05) is 12.1 Å². The molecule has 130 valence electrons. The van der Waals surface area contributed by atoms with Crippen molar-refractivity contribution < 1.29 is 9.53 Å². The second-order valence-corrected chi connectivity index (χ2v) is 7.53. The molecule has 0 unspecified atom stereocenters. The quantitative estimate of drug-likeness (QED) is 0.596. The second kappa shape index (κ2) is 6.03. The molecule has 0 aliphatic carbocycles. The van der Waals surface area contributed by atoms with Crippen molar-refractivity contribution in [3.8, 4) is 11.1 Å². The Morgan fingerprint density at radius 1 is 1.00 bits per heavy atom. The van der Waals surface area contributed by atoms with Gasteiger partial charge < -0.3 is 4.74 Å². The Bertz CT molecular complexity index is 942. The maximum absolute atomic E-state index is 12.6. The molecule has 0 amide bonds. The van der Waals surface area contributed by atoms with E-state index in [1.165, 1.54) is 0 Å². The van der Waals surface area contributed by atoms with E-state index in [0.717, 1.165) is 39.0 Å². The molecule has 4 nitrogen and oxygen atoms in total. The van der Waals surface area contributed by atoms with Gasteiger partial charge in [0.15, 0.2) is 0 Å². The summed E-state index contributed by atoms with van der Waals surface area (Å²) in [6.45, 7) is 11.6. The first-order chi connectivity index (χ1) is 11.6. The zero-order valence-corrected chi connectivity index (χ0v) is 15.7. The van der Waals surface area contributed by atoms with Crippen LogP contribution in [0, 0.1) is 20.8 Å². The van der Waals surface area contributed by atoms with Crippen LogP contribution >= 0.6 is 0 Å². The number of rotatable bonds is 1. The van der Waals surface area contributed by atoms with Crippen LogP contribution < -0.4 is 0 Å². The molecule has 0 atom stereocenters. The molecule has 0 aliphatic heterocycles. The van der Waals surface area contributed by atoms with Crippen LogP contribution in [-0.4, -0.2) is 21.2 Å².